The van der Waals surface area contributed by atoms with Gasteiger partial charge in [-0.2, -0.15) is 0 Å². The SMILES string of the molecule is CC(C)(C)OC(=O)N1CC[C@H]([C@@H](Cc2cccc(Br)c2)C(=O)O)C1. The fourth-order valence-electron chi connectivity index (χ4n) is 2.98. The molecule has 0 radical (unpaired) electrons. The third-order valence-electron chi connectivity index (χ3n) is 4.11. The van der Waals surface area contributed by atoms with Crippen LogP contribution in [0.15, 0.2) is 28.7 Å². The predicted molar refractivity (Wildman–Crippen MR) is 94.9 cm³/mol. The van der Waals surface area contributed by atoms with Crippen LogP contribution in [0.25, 0.3) is 0 Å². The van der Waals surface area contributed by atoms with Gasteiger partial charge >= 0.3 is 12.1 Å². The summed E-state index contributed by atoms with van der Waals surface area (Å²) in [6.45, 7) is 6.45. The second-order valence-electron chi connectivity index (χ2n) is 7.25. The summed E-state index contributed by atoms with van der Waals surface area (Å²) in [6, 6.07) is 7.69. The Labute approximate surface area is 151 Å². The van der Waals surface area contributed by atoms with E-state index in [4.69, 9.17) is 4.74 Å². The zero-order chi connectivity index (χ0) is 17.9. The minimum atomic E-state index is -0.814. The number of nitrogens with zero attached hydrogens (tertiary/aromatic N) is 1. The number of carboxylic acids is 1. The number of carbonyl (C=O) groups is 2. The van der Waals surface area contributed by atoms with Gasteiger partial charge in [0, 0.05) is 17.6 Å². The Morgan fingerprint density at radius 1 is 1.42 bits per heavy atom. The molecule has 0 saturated carbocycles. The molecule has 1 aromatic rings. The van der Waals surface area contributed by atoms with Crippen LogP contribution in [0.2, 0.25) is 0 Å². The third kappa shape index (κ3) is 5.23. The van der Waals surface area contributed by atoms with Gasteiger partial charge < -0.3 is 14.7 Å². The van der Waals surface area contributed by atoms with Gasteiger partial charge in [-0.05, 0) is 57.2 Å². The molecule has 0 spiro atoms. The monoisotopic (exact) mass is 397 g/mol. The van der Waals surface area contributed by atoms with Crippen LogP contribution in [-0.4, -0.2) is 40.8 Å². The number of hydrogen-bond donors (Lipinski definition) is 1. The maximum atomic E-state index is 12.2. The Kier molecular flexibility index (Phi) is 5.91. The van der Waals surface area contributed by atoms with Gasteiger partial charge in [-0.3, -0.25) is 4.79 Å². The molecule has 1 fully saturated rings. The highest BCUT2D eigenvalue weighted by Crippen LogP contribution is 2.29. The normalized spacial score (nSPS) is 19.2. The summed E-state index contributed by atoms with van der Waals surface area (Å²) in [6.07, 6.45) is 0.780. The molecule has 2 rings (SSSR count). The van der Waals surface area contributed by atoms with E-state index in [1.807, 2.05) is 45.0 Å². The lowest BCUT2D eigenvalue weighted by Gasteiger charge is -2.25. The Balaban J connectivity index is 2.02. The summed E-state index contributed by atoms with van der Waals surface area (Å²) in [5.41, 5.74) is 0.435. The third-order valence-corrected chi connectivity index (χ3v) is 4.60. The molecule has 0 aliphatic carbocycles. The van der Waals surface area contributed by atoms with Gasteiger partial charge in [0.15, 0.2) is 0 Å². The maximum absolute atomic E-state index is 12.2. The fourth-order valence-corrected chi connectivity index (χ4v) is 3.43. The largest absolute Gasteiger partial charge is 0.481 e. The molecule has 1 aliphatic heterocycles. The number of hydrogen-bond acceptors (Lipinski definition) is 3. The number of carboxylic acid groups (broad SMARTS) is 1. The lowest BCUT2D eigenvalue weighted by Crippen LogP contribution is -2.36. The van der Waals surface area contributed by atoms with Crippen molar-refractivity contribution in [2.45, 2.75) is 39.2 Å². The molecular formula is C18H24BrNO4. The zero-order valence-electron chi connectivity index (χ0n) is 14.3. The highest BCUT2D eigenvalue weighted by atomic mass is 79.9. The van der Waals surface area contributed by atoms with E-state index in [9.17, 15) is 14.7 Å². The van der Waals surface area contributed by atoms with Crippen LogP contribution in [0, 0.1) is 11.8 Å². The van der Waals surface area contributed by atoms with Crippen LogP contribution in [0.4, 0.5) is 4.79 Å². The quantitative estimate of drug-likeness (QED) is 0.834. The minimum absolute atomic E-state index is 0.0611. The van der Waals surface area contributed by atoms with Crippen molar-refractivity contribution in [2.75, 3.05) is 13.1 Å². The molecule has 1 aliphatic rings. The Morgan fingerprint density at radius 3 is 2.71 bits per heavy atom. The summed E-state index contributed by atoms with van der Waals surface area (Å²) in [4.78, 5) is 25.5. The lowest BCUT2D eigenvalue weighted by molar-refractivity contribution is -0.143. The van der Waals surface area contributed by atoms with E-state index in [1.54, 1.807) is 4.90 Å². The first-order valence-corrected chi connectivity index (χ1v) is 8.90. The minimum Gasteiger partial charge on any atom is -0.481 e. The van der Waals surface area contributed by atoms with Crippen molar-refractivity contribution in [1.82, 2.24) is 4.90 Å². The van der Waals surface area contributed by atoms with Crippen LogP contribution in [0.1, 0.15) is 32.8 Å². The first-order chi connectivity index (χ1) is 11.2. The van der Waals surface area contributed by atoms with E-state index in [-0.39, 0.29) is 12.0 Å². The molecule has 1 N–H and O–H groups in total. The molecule has 0 aromatic heterocycles. The standard InChI is InChI=1S/C18H24BrNO4/c1-18(2,3)24-17(23)20-8-7-13(11-20)15(16(21)22)10-12-5-4-6-14(19)9-12/h4-6,9,13,15H,7-8,10-11H2,1-3H3,(H,21,22)/t13-,15+/m0/s1. The number of halogens is 1. The smallest absolute Gasteiger partial charge is 0.410 e. The summed E-state index contributed by atoms with van der Waals surface area (Å²) in [7, 11) is 0. The van der Waals surface area contributed by atoms with Gasteiger partial charge in [0.1, 0.15) is 5.60 Å². The van der Waals surface area contributed by atoms with Crippen LogP contribution < -0.4 is 0 Å². The Morgan fingerprint density at radius 2 is 2.12 bits per heavy atom. The van der Waals surface area contributed by atoms with E-state index in [0.717, 1.165) is 10.0 Å². The van der Waals surface area contributed by atoms with Crippen molar-refractivity contribution in [2.24, 2.45) is 11.8 Å². The molecule has 1 saturated heterocycles. The molecular weight excluding hydrogens is 374 g/mol. The molecule has 1 amide bonds. The lowest BCUT2D eigenvalue weighted by atomic mass is 9.86. The maximum Gasteiger partial charge on any atom is 0.410 e. The van der Waals surface area contributed by atoms with Crippen LogP contribution in [0.3, 0.4) is 0 Å². The molecule has 0 unspecified atom stereocenters. The average molecular weight is 398 g/mol. The summed E-state index contributed by atoms with van der Waals surface area (Å²) in [5, 5.41) is 9.63. The predicted octanol–water partition coefficient (Wildman–Crippen LogP) is 3.95. The van der Waals surface area contributed by atoms with Gasteiger partial charge in [0.05, 0.1) is 5.92 Å². The van der Waals surface area contributed by atoms with E-state index in [2.05, 4.69) is 15.9 Å². The number of likely N-dealkylation sites (tertiary alicyclic amines) is 1. The molecule has 5 nitrogen and oxygen atoms in total. The van der Waals surface area contributed by atoms with Crippen molar-refractivity contribution in [1.29, 1.82) is 0 Å². The molecule has 0 bridgehead atoms. The summed E-state index contributed by atoms with van der Waals surface area (Å²) >= 11 is 3.41. The second-order valence-corrected chi connectivity index (χ2v) is 8.17. The van der Waals surface area contributed by atoms with Crippen molar-refractivity contribution in [3.63, 3.8) is 0 Å². The molecule has 1 aromatic carbocycles. The molecule has 2 atom stereocenters. The van der Waals surface area contributed by atoms with Crippen LogP contribution in [-0.2, 0) is 16.0 Å². The number of benzene rings is 1. The van der Waals surface area contributed by atoms with E-state index in [0.29, 0.717) is 25.9 Å². The zero-order valence-corrected chi connectivity index (χ0v) is 15.9. The van der Waals surface area contributed by atoms with E-state index in [1.165, 1.54) is 0 Å². The highest BCUT2D eigenvalue weighted by Gasteiger charge is 2.37. The van der Waals surface area contributed by atoms with Crippen molar-refractivity contribution in [3.05, 3.63) is 34.3 Å². The highest BCUT2D eigenvalue weighted by molar-refractivity contribution is 9.10. The number of ether oxygens (including phenoxy) is 1. The van der Waals surface area contributed by atoms with E-state index < -0.39 is 17.5 Å². The number of rotatable bonds is 4. The van der Waals surface area contributed by atoms with Crippen molar-refractivity contribution < 1.29 is 19.4 Å². The molecule has 1 heterocycles. The van der Waals surface area contributed by atoms with Gasteiger partial charge in [0.2, 0.25) is 0 Å². The van der Waals surface area contributed by atoms with Crippen molar-refractivity contribution in [3.8, 4) is 0 Å². The van der Waals surface area contributed by atoms with Gasteiger partial charge in [-0.25, -0.2) is 4.79 Å². The van der Waals surface area contributed by atoms with Crippen LogP contribution in [0.5, 0.6) is 0 Å². The number of aliphatic carboxylic acids is 1. The fraction of sp³-hybridized carbons (Fsp3) is 0.556. The molecule has 132 valence electrons. The number of carbonyl (C=O) groups excluding carboxylic acids is 1. The van der Waals surface area contributed by atoms with E-state index >= 15 is 0 Å². The Hall–Kier alpha value is -1.56. The van der Waals surface area contributed by atoms with Gasteiger partial charge in [0.25, 0.3) is 0 Å². The molecule has 6 heteroatoms. The van der Waals surface area contributed by atoms with Gasteiger partial charge in [-0.15, -0.1) is 0 Å². The Bertz CT molecular complexity index is 611. The summed E-state index contributed by atoms with van der Waals surface area (Å²) in [5.74, 6) is -1.38. The average Bonchev–Trinajstić information content (AvgIpc) is 2.92. The van der Waals surface area contributed by atoms with Gasteiger partial charge in [-0.1, -0.05) is 28.1 Å². The van der Waals surface area contributed by atoms with Crippen LogP contribution >= 0.6 is 15.9 Å². The molecule has 24 heavy (non-hydrogen) atoms. The first kappa shape index (κ1) is 18.8. The summed E-state index contributed by atoms with van der Waals surface area (Å²) < 4.78 is 6.31. The topological polar surface area (TPSA) is 66.8 Å². The first-order valence-electron chi connectivity index (χ1n) is 8.11. The number of amides is 1. The second kappa shape index (κ2) is 7.55. The van der Waals surface area contributed by atoms with Crippen molar-refractivity contribution >= 4 is 28.0 Å².